The average molecular weight is 377 g/mol. The molecule has 0 radical (unpaired) electrons. The molecule has 0 aliphatic heterocycles. The Balaban J connectivity index is 1.84. The first-order valence-electron chi connectivity index (χ1n) is 9.25. The van der Waals surface area contributed by atoms with E-state index >= 15 is 0 Å². The normalized spacial score (nSPS) is 12.0. The predicted molar refractivity (Wildman–Crippen MR) is 109 cm³/mol. The van der Waals surface area contributed by atoms with Crippen LogP contribution >= 0.6 is 0 Å². The number of hydrogen-bond acceptors (Lipinski definition) is 3. The molecule has 4 aromatic rings. The molecule has 7 heteroatoms. The molecule has 4 rings (SSSR count). The van der Waals surface area contributed by atoms with Crippen molar-refractivity contribution in [1.29, 1.82) is 0 Å². The summed E-state index contributed by atoms with van der Waals surface area (Å²) in [7, 11) is 1.99. The summed E-state index contributed by atoms with van der Waals surface area (Å²) in [6.45, 7) is 5.81. The third-order valence-electron chi connectivity index (χ3n) is 5.27. The summed E-state index contributed by atoms with van der Waals surface area (Å²) in [4.78, 5) is 20.4. The van der Waals surface area contributed by atoms with Crippen molar-refractivity contribution in [2.75, 3.05) is 0 Å². The SMILES string of the molecule is CCc1c(-c2ccc(C(C)(C)NC(=O)O)cc2)nc2ncc3c[nH]n(C)c3c12. The van der Waals surface area contributed by atoms with Gasteiger partial charge in [0.05, 0.1) is 22.1 Å². The van der Waals surface area contributed by atoms with Crippen molar-refractivity contribution in [3.63, 3.8) is 0 Å². The first-order valence-corrected chi connectivity index (χ1v) is 9.25. The molecule has 28 heavy (non-hydrogen) atoms. The zero-order valence-corrected chi connectivity index (χ0v) is 16.4. The molecule has 0 saturated heterocycles. The second-order valence-electron chi connectivity index (χ2n) is 7.52. The Hall–Kier alpha value is -3.35. The molecule has 0 saturated carbocycles. The van der Waals surface area contributed by atoms with Gasteiger partial charge in [-0.25, -0.2) is 14.8 Å². The fourth-order valence-corrected chi connectivity index (χ4v) is 3.83. The fraction of sp³-hybridized carbons (Fsp3) is 0.286. The number of benzene rings is 1. The lowest BCUT2D eigenvalue weighted by Crippen LogP contribution is -2.39. The Bertz CT molecular complexity index is 1190. The van der Waals surface area contributed by atoms with Crippen molar-refractivity contribution in [2.45, 2.75) is 32.7 Å². The van der Waals surface area contributed by atoms with Crippen LogP contribution in [0.2, 0.25) is 0 Å². The average Bonchev–Trinajstić information content (AvgIpc) is 3.21. The van der Waals surface area contributed by atoms with E-state index in [2.05, 4.69) is 22.3 Å². The second kappa shape index (κ2) is 6.37. The van der Waals surface area contributed by atoms with Crippen LogP contribution in [0.5, 0.6) is 0 Å². The molecule has 3 aromatic heterocycles. The predicted octanol–water partition coefficient (Wildman–Crippen LogP) is 4.18. The van der Waals surface area contributed by atoms with Gasteiger partial charge in [0.2, 0.25) is 0 Å². The summed E-state index contributed by atoms with van der Waals surface area (Å²) >= 11 is 0. The topological polar surface area (TPSA) is 95.8 Å². The number of aromatic nitrogens is 4. The van der Waals surface area contributed by atoms with Crippen molar-refractivity contribution in [2.24, 2.45) is 7.05 Å². The van der Waals surface area contributed by atoms with E-state index in [9.17, 15) is 4.79 Å². The Morgan fingerprint density at radius 3 is 2.64 bits per heavy atom. The quantitative estimate of drug-likeness (QED) is 0.497. The number of fused-ring (bicyclic) bond motifs is 3. The molecule has 0 atom stereocenters. The maximum Gasteiger partial charge on any atom is 0.405 e. The van der Waals surface area contributed by atoms with Crippen LogP contribution in [0.25, 0.3) is 33.2 Å². The van der Waals surface area contributed by atoms with Crippen LogP contribution in [0.3, 0.4) is 0 Å². The fourth-order valence-electron chi connectivity index (χ4n) is 3.83. The summed E-state index contributed by atoms with van der Waals surface area (Å²) in [6, 6.07) is 7.89. The summed E-state index contributed by atoms with van der Waals surface area (Å²) < 4.78 is 1.99. The molecule has 0 fully saturated rings. The number of H-pyrrole nitrogens is 1. The zero-order chi connectivity index (χ0) is 20.1. The van der Waals surface area contributed by atoms with Gasteiger partial charge in [0.1, 0.15) is 0 Å². The largest absolute Gasteiger partial charge is 0.465 e. The number of hydrogen-bond donors (Lipinski definition) is 3. The number of amides is 1. The van der Waals surface area contributed by atoms with Crippen molar-refractivity contribution < 1.29 is 9.90 Å². The van der Waals surface area contributed by atoms with Gasteiger partial charge in [0.25, 0.3) is 0 Å². The van der Waals surface area contributed by atoms with Gasteiger partial charge in [-0.1, -0.05) is 31.2 Å². The minimum absolute atomic E-state index is 0.672. The van der Waals surface area contributed by atoms with Gasteiger partial charge in [-0.2, -0.15) is 0 Å². The van der Waals surface area contributed by atoms with Crippen LogP contribution < -0.4 is 5.32 Å². The number of aromatic amines is 1. The van der Waals surface area contributed by atoms with E-state index in [4.69, 9.17) is 10.1 Å². The molecule has 0 aliphatic rings. The molecule has 144 valence electrons. The van der Waals surface area contributed by atoms with E-state index in [1.165, 1.54) is 5.56 Å². The van der Waals surface area contributed by atoms with Crippen LogP contribution in [-0.4, -0.2) is 30.9 Å². The molecule has 0 unspecified atom stereocenters. The van der Waals surface area contributed by atoms with E-state index in [0.29, 0.717) is 0 Å². The molecule has 7 nitrogen and oxygen atoms in total. The molecule has 0 bridgehead atoms. The highest BCUT2D eigenvalue weighted by atomic mass is 16.4. The highest BCUT2D eigenvalue weighted by Gasteiger charge is 2.23. The first kappa shape index (κ1) is 18.0. The van der Waals surface area contributed by atoms with Crippen LogP contribution in [0.1, 0.15) is 31.9 Å². The lowest BCUT2D eigenvalue weighted by molar-refractivity contribution is 0.182. The molecule has 1 amide bonds. The van der Waals surface area contributed by atoms with Crippen molar-refractivity contribution in [3.05, 3.63) is 47.8 Å². The van der Waals surface area contributed by atoms with Crippen LogP contribution in [0.15, 0.2) is 36.7 Å². The van der Waals surface area contributed by atoms with Crippen LogP contribution in [-0.2, 0) is 19.0 Å². The van der Waals surface area contributed by atoms with Crippen molar-refractivity contribution in [1.82, 2.24) is 25.1 Å². The molecular formula is C21H23N5O2. The first-order chi connectivity index (χ1) is 13.3. The van der Waals surface area contributed by atoms with Crippen LogP contribution in [0.4, 0.5) is 4.79 Å². The standard InChI is InChI=1S/C21H23N5O2/c1-5-15-16-18-13(11-23-26(18)4)10-22-19(16)24-17(15)12-6-8-14(9-7-12)21(2,3)25-20(27)28/h6-11,23,25H,5H2,1-4H3,(H,27,28). The maximum atomic E-state index is 11.0. The van der Waals surface area contributed by atoms with Gasteiger partial charge in [-0.05, 0) is 31.4 Å². The summed E-state index contributed by atoms with van der Waals surface area (Å²) in [5.74, 6) is 0. The third-order valence-corrected chi connectivity index (χ3v) is 5.27. The van der Waals surface area contributed by atoms with E-state index in [1.807, 2.05) is 62.2 Å². The zero-order valence-electron chi connectivity index (χ0n) is 16.4. The Morgan fingerprint density at radius 1 is 1.29 bits per heavy atom. The number of aryl methyl sites for hydroxylation is 2. The molecule has 1 aromatic carbocycles. The second-order valence-corrected chi connectivity index (χ2v) is 7.52. The Morgan fingerprint density at radius 2 is 2.00 bits per heavy atom. The van der Waals surface area contributed by atoms with E-state index in [0.717, 1.165) is 45.2 Å². The smallest absolute Gasteiger partial charge is 0.405 e. The lowest BCUT2D eigenvalue weighted by Gasteiger charge is -2.25. The van der Waals surface area contributed by atoms with E-state index in [1.54, 1.807) is 0 Å². The molecule has 0 spiro atoms. The highest BCUT2D eigenvalue weighted by Crippen LogP contribution is 2.34. The number of rotatable bonds is 4. The third kappa shape index (κ3) is 2.79. The van der Waals surface area contributed by atoms with Gasteiger partial charge in [-0.15, -0.1) is 0 Å². The number of carbonyl (C=O) groups is 1. The van der Waals surface area contributed by atoms with Crippen molar-refractivity contribution >= 4 is 28.0 Å². The lowest BCUT2D eigenvalue weighted by atomic mass is 9.92. The summed E-state index contributed by atoms with van der Waals surface area (Å²) in [5, 5.41) is 16.9. The number of nitrogens with zero attached hydrogens (tertiary/aromatic N) is 3. The number of carboxylic acid groups (broad SMARTS) is 1. The Kier molecular flexibility index (Phi) is 4.10. The van der Waals surface area contributed by atoms with Gasteiger partial charge in [-0.3, -0.25) is 4.68 Å². The molecular weight excluding hydrogens is 354 g/mol. The monoisotopic (exact) mass is 377 g/mol. The summed E-state index contributed by atoms with van der Waals surface area (Å²) in [6.07, 6.45) is 3.58. The van der Waals surface area contributed by atoms with Crippen molar-refractivity contribution in [3.8, 4) is 11.3 Å². The van der Waals surface area contributed by atoms with Gasteiger partial charge in [0, 0.05) is 30.4 Å². The molecule has 3 N–H and O–H groups in total. The maximum absolute atomic E-state index is 11.0. The minimum Gasteiger partial charge on any atom is -0.465 e. The highest BCUT2D eigenvalue weighted by molar-refractivity contribution is 6.06. The Labute approximate surface area is 162 Å². The number of pyridine rings is 1. The van der Waals surface area contributed by atoms with Crippen LogP contribution in [0, 0.1) is 0 Å². The molecule has 0 aliphatic carbocycles. The van der Waals surface area contributed by atoms with Gasteiger partial charge >= 0.3 is 6.09 Å². The summed E-state index contributed by atoms with van der Waals surface area (Å²) in [5.41, 5.74) is 5.15. The van der Waals surface area contributed by atoms with Gasteiger partial charge < -0.3 is 15.5 Å². The van der Waals surface area contributed by atoms with E-state index < -0.39 is 11.6 Å². The van der Waals surface area contributed by atoms with Gasteiger partial charge in [0.15, 0.2) is 5.65 Å². The number of nitrogens with one attached hydrogen (secondary N) is 2. The molecule has 3 heterocycles. The minimum atomic E-state index is -1.04. The van der Waals surface area contributed by atoms with E-state index in [-0.39, 0.29) is 0 Å².